The highest BCUT2D eigenvalue weighted by Crippen LogP contribution is 2.03. The lowest BCUT2D eigenvalue weighted by atomic mass is 10.2. The molecule has 1 aromatic rings. The van der Waals surface area contributed by atoms with Crippen molar-refractivity contribution in [2.75, 3.05) is 0 Å². The largest absolute Gasteiger partial charge is 0.464 e. The summed E-state index contributed by atoms with van der Waals surface area (Å²) in [4.78, 5) is 23.7. The predicted octanol–water partition coefficient (Wildman–Crippen LogP) is 1.47. The standard InChI is InChI=1S/C8H7ClN2O3/c9-10-11(8(13)14)7(12)6-4-2-1-3-5-6/h1-5,10H,(H,13,14). The van der Waals surface area contributed by atoms with Gasteiger partial charge in [-0.2, -0.15) is 5.01 Å². The van der Waals surface area contributed by atoms with Gasteiger partial charge < -0.3 is 5.11 Å². The van der Waals surface area contributed by atoms with Crippen molar-refractivity contribution in [1.82, 2.24) is 9.95 Å². The van der Waals surface area contributed by atoms with E-state index in [-0.39, 0.29) is 10.6 Å². The summed E-state index contributed by atoms with van der Waals surface area (Å²) >= 11 is 5.08. The molecule has 0 aliphatic rings. The number of carboxylic acid groups (broad SMARTS) is 1. The molecule has 6 heteroatoms. The van der Waals surface area contributed by atoms with E-state index < -0.39 is 12.0 Å². The third-order valence-electron chi connectivity index (χ3n) is 1.50. The average Bonchev–Trinajstić information content (AvgIpc) is 2.19. The van der Waals surface area contributed by atoms with E-state index in [0.717, 1.165) is 0 Å². The van der Waals surface area contributed by atoms with Crippen LogP contribution in [0.15, 0.2) is 30.3 Å². The third-order valence-corrected chi connectivity index (χ3v) is 1.67. The molecule has 0 fully saturated rings. The smallest absolute Gasteiger partial charge is 0.430 e. The number of nitrogens with zero attached hydrogens (tertiary/aromatic N) is 1. The van der Waals surface area contributed by atoms with Gasteiger partial charge in [0.05, 0.1) is 0 Å². The average molecular weight is 215 g/mol. The van der Waals surface area contributed by atoms with Crippen LogP contribution in [0.2, 0.25) is 0 Å². The van der Waals surface area contributed by atoms with Crippen LogP contribution in [0.25, 0.3) is 0 Å². The van der Waals surface area contributed by atoms with Gasteiger partial charge in [0.25, 0.3) is 5.91 Å². The molecule has 0 radical (unpaired) electrons. The second kappa shape index (κ2) is 4.59. The van der Waals surface area contributed by atoms with Gasteiger partial charge in [0, 0.05) is 5.56 Å². The molecule has 0 saturated carbocycles. The lowest BCUT2D eigenvalue weighted by molar-refractivity contribution is 0.0707. The maximum atomic E-state index is 11.4. The van der Waals surface area contributed by atoms with Crippen molar-refractivity contribution in [2.24, 2.45) is 0 Å². The molecule has 1 aromatic carbocycles. The Morgan fingerprint density at radius 2 is 1.86 bits per heavy atom. The van der Waals surface area contributed by atoms with Crippen molar-refractivity contribution >= 4 is 23.8 Å². The van der Waals surface area contributed by atoms with Crippen LogP contribution in [0.3, 0.4) is 0 Å². The van der Waals surface area contributed by atoms with E-state index in [9.17, 15) is 9.59 Å². The van der Waals surface area contributed by atoms with Crippen molar-refractivity contribution in [3.05, 3.63) is 35.9 Å². The highest BCUT2D eigenvalue weighted by Gasteiger charge is 2.20. The summed E-state index contributed by atoms with van der Waals surface area (Å²) in [5.41, 5.74) is 0.239. The molecule has 0 aliphatic heterocycles. The van der Waals surface area contributed by atoms with E-state index >= 15 is 0 Å². The summed E-state index contributed by atoms with van der Waals surface area (Å²) < 4.78 is 0. The van der Waals surface area contributed by atoms with Gasteiger partial charge in [-0.15, -0.1) is 4.94 Å². The Morgan fingerprint density at radius 3 is 2.29 bits per heavy atom. The zero-order chi connectivity index (χ0) is 10.6. The summed E-state index contributed by atoms with van der Waals surface area (Å²) in [5.74, 6) is -0.729. The summed E-state index contributed by atoms with van der Waals surface area (Å²) in [5, 5.41) is 8.85. The second-order valence-electron chi connectivity index (χ2n) is 2.37. The fourth-order valence-electron chi connectivity index (χ4n) is 0.871. The van der Waals surface area contributed by atoms with Gasteiger partial charge in [-0.1, -0.05) is 18.2 Å². The number of hydrogen-bond donors (Lipinski definition) is 2. The van der Waals surface area contributed by atoms with Crippen LogP contribution in [0.4, 0.5) is 4.79 Å². The molecule has 5 nitrogen and oxygen atoms in total. The molecular formula is C8H7ClN2O3. The van der Waals surface area contributed by atoms with E-state index in [4.69, 9.17) is 16.9 Å². The molecular weight excluding hydrogens is 208 g/mol. The van der Waals surface area contributed by atoms with Crippen LogP contribution >= 0.6 is 11.8 Å². The van der Waals surface area contributed by atoms with E-state index in [1.165, 1.54) is 12.1 Å². The zero-order valence-corrected chi connectivity index (χ0v) is 7.73. The molecule has 1 rings (SSSR count). The molecule has 0 atom stereocenters. The third kappa shape index (κ3) is 2.21. The Balaban J connectivity index is 2.89. The minimum Gasteiger partial charge on any atom is -0.464 e. The monoisotopic (exact) mass is 214 g/mol. The first kappa shape index (κ1) is 10.5. The Labute approximate surface area is 85.0 Å². The van der Waals surface area contributed by atoms with Crippen LogP contribution in [-0.2, 0) is 0 Å². The first-order chi connectivity index (χ1) is 6.66. The first-order valence-corrected chi connectivity index (χ1v) is 4.03. The molecule has 0 spiro atoms. The molecule has 14 heavy (non-hydrogen) atoms. The molecule has 74 valence electrons. The minimum atomic E-state index is -1.46. The number of nitrogens with one attached hydrogen (secondary N) is 1. The number of carbonyl (C=O) groups excluding carboxylic acids is 1. The lowest BCUT2D eigenvalue weighted by Gasteiger charge is -2.12. The second-order valence-corrected chi connectivity index (χ2v) is 2.54. The van der Waals surface area contributed by atoms with Gasteiger partial charge in [-0.3, -0.25) is 4.79 Å². The highest BCUT2D eigenvalue weighted by atomic mass is 35.5. The zero-order valence-electron chi connectivity index (χ0n) is 6.98. The van der Waals surface area contributed by atoms with E-state index in [1.807, 2.05) is 0 Å². The molecule has 2 N–H and O–H groups in total. The van der Waals surface area contributed by atoms with Crippen molar-refractivity contribution in [3.8, 4) is 0 Å². The van der Waals surface area contributed by atoms with E-state index in [1.54, 1.807) is 23.1 Å². The molecule has 0 heterocycles. The van der Waals surface area contributed by atoms with E-state index in [0.29, 0.717) is 0 Å². The van der Waals surface area contributed by atoms with Crippen molar-refractivity contribution < 1.29 is 14.7 Å². The fourth-order valence-corrected chi connectivity index (χ4v) is 1.02. The number of imide groups is 1. The summed E-state index contributed by atoms with van der Waals surface area (Å²) in [6.45, 7) is 0. The van der Waals surface area contributed by atoms with Crippen LogP contribution in [0, 0.1) is 0 Å². The number of hydrogen-bond acceptors (Lipinski definition) is 3. The Morgan fingerprint density at radius 1 is 1.29 bits per heavy atom. The Kier molecular flexibility index (Phi) is 3.44. The van der Waals surface area contributed by atoms with Crippen molar-refractivity contribution in [2.45, 2.75) is 0 Å². The van der Waals surface area contributed by atoms with Crippen LogP contribution in [0.1, 0.15) is 10.4 Å². The minimum absolute atomic E-state index is 0.239. The number of carbonyl (C=O) groups is 2. The van der Waals surface area contributed by atoms with Crippen LogP contribution < -0.4 is 4.94 Å². The topological polar surface area (TPSA) is 69.6 Å². The molecule has 0 unspecified atom stereocenters. The molecule has 0 bridgehead atoms. The van der Waals surface area contributed by atoms with Gasteiger partial charge in [0.1, 0.15) is 0 Å². The van der Waals surface area contributed by atoms with Crippen molar-refractivity contribution in [1.29, 1.82) is 0 Å². The van der Waals surface area contributed by atoms with Gasteiger partial charge in [-0.25, -0.2) is 4.79 Å². The first-order valence-electron chi connectivity index (χ1n) is 3.65. The predicted molar refractivity (Wildman–Crippen MR) is 49.6 cm³/mol. The van der Waals surface area contributed by atoms with Gasteiger partial charge >= 0.3 is 6.09 Å². The van der Waals surface area contributed by atoms with Crippen LogP contribution in [0.5, 0.6) is 0 Å². The SMILES string of the molecule is O=C(O)N(NCl)C(=O)c1ccccc1. The number of halogens is 1. The fraction of sp³-hybridized carbons (Fsp3) is 0. The number of hydrazine groups is 1. The molecule has 0 aromatic heterocycles. The maximum absolute atomic E-state index is 11.4. The lowest BCUT2D eigenvalue weighted by Crippen LogP contribution is -2.41. The summed E-state index contributed by atoms with van der Waals surface area (Å²) in [7, 11) is 0. The quantitative estimate of drug-likeness (QED) is 0.578. The van der Waals surface area contributed by atoms with Gasteiger partial charge in [0.15, 0.2) is 0 Å². The van der Waals surface area contributed by atoms with Gasteiger partial charge in [0.2, 0.25) is 0 Å². The maximum Gasteiger partial charge on any atom is 0.430 e. The number of benzene rings is 1. The molecule has 0 saturated heterocycles. The Bertz CT molecular complexity index is 342. The normalized spacial score (nSPS) is 9.50. The highest BCUT2D eigenvalue weighted by molar-refractivity contribution is 6.16. The Hall–Kier alpha value is -1.59. The summed E-state index contributed by atoms with van der Waals surface area (Å²) in [6, 6.07) is 7.96. The molecule has 2 amide bonds. The molecule has 0 aliphatic carbocycles. The number of amides is 2. The number of rotatable bonds is 2. The van der Waals surface area contributed by atoms with E-state index in [2.05, 4.69) is 0 Å². The van der Waals surface area contributed by atoms with Crippen LogP contribution in [-0.4, -0.2) is 22.1 Å². The van der Waals surface area contributed by atoms with Crippen molar-refractivity contribution in [3.63, 3.8) is 0 Å². The van der Waals surface area contributed by atoms with Gasteiger partial charge in [-0.05, 0) is 23.9 Å². The summed E-state index contributed by atoms with van der Waals surface area (Å²) in [6.07, 6.45) is -1.46.